The Morgan fingerprint density at radius 1 is 1.27 bits per heavy atom. The van der Waals surface area contributed by atoms with Gasteiger partial charge in [0.05, 0.1) is 29.5 Å². The molecule has 1 aliphatic heterocycles. The first-order valence-corrected chi connectivity index (χ1v) is 9.50. The number of hydrogen-bond donors (Lipinski definition) is 3. The molecule has 0 spiro atoms. The summed E-state index contributed by atoms with van der Waals surface area (Å²) >= 11 is 1.44. The van der Waals surface area contributed by atoms with Crippen molar-refractivity contribution < 1.29 is 10.0 Å². The third-order valence-electron chi connectivity index (χ3n) is 5.10. The molecule has 1 unspecified atom stereocenters. The highest BCUT2D eigenvalue weighted by molar-refractivity contribution is 7.25. The fourth-order valence-electron chi connectivity index (χ4n) is 3.91. The number of fused-ring (bicyclic) bond motifs is 4. The molecule has 26 heavy (non-hydrogen) atoms. The molecule has 0 radical (unpaired) electrons. The van der Waals surface area contributed by atoms with Gasteiger partial charge in [0.2, 0.25) is 0 Å². The van der Waals surface area contributed by atoms with Crippen molar-refractivity contribution in [3.05, 3.63) is 58.0 Å². The number of nitrogens with zero attached hydrogens (tertiary/aromatic N) is 1. The molecule has 6 heteroatoms. The van der Waals surface area contributed by atoms with Gasteiger partial charge in [-0.1, -0.05) is 30.3 Å². The van der Waals surface area contributed by atoms with Crippen LogP contribution in [0.25, 0.3) is 31.6 Å². The largest absolute Gasteiger partial charge is 0.506 e. The minimum absolute atomic E-state index is 0.0199. The minimum atomic E-state index is -0.297. The molecule has 130 valence electrons. The Morgan fingerprint density at radius 2 is 2.08 bits per heavy atom. The van der Waals surface area contributed by atoms with Crippen LogP contribution in [0, 0.1) is 0 Å². The Morgan fingerprint density at radius 3 is 2.88 bits per heavy atom. The van der Waals surface area contributed by atoms with Crippen molar-refractivity contribution in [1.29, 1.82) is 0 Å². The third-order valence-corrected chi connectivity index (χ3v) is 6.21. The highest BCUT2D eigenvalue weighted by Crippen LogP contribution is 2.43. The van der Waals surface area contributed by atoms with E-state index in [4.69, 9.17) is 4.98 Å². The second-order valence-corrected chi connectivity index (χ2v) is 7.92. The summed E-state index contributed by atoms with van der Waals surface area (Å²) in [7, 11) is 2.20. The van der Waals surface area contributed by atoms with Crippen LogP contribution in [0.4, 0.5) is 0 Å². The molecule has 5 nitrogen and oxygen atoms in total. The van der Waals surface area contributed by atoms with Gasteiger partial charge >= 0.3 is 0 Å². The van der Waals surface area contributed by atoms with Crippen molar-refractivity contribution in [1.82, 2.24) is 9.97 Å². The predicted octanol–water partition coefficient (Wildman–Crippen LogP) is 2.08. The van der Waals surface area contributed by atoms with Crippen LogP contribution in [0.3, 0.4) is 0 Å². The quantitative estimate of drug-likeness (QED) is 0.484. The van der Waals surface area contributed by atoms with Crippen LogP contribution < -0.4 is 10.5 Å². The fourth-order valence-corrected chi connectivity index (χ4v) is 4.98. The minimum Gasteiger partial charge on any atom is -0.506 e. The number of pyridine rings is 2. The molecular weight excluding hydrogens is 346 g/mol. The van der Waals surface area contributed by atoms with E-state index in [-0.39, 0.29) is 11.3 Å². The normalized spacial score (nSPS) is 16.9. The summed E-state index contributed by atoms with van der Waals surface area (Å²) in [6, 6.07) is 11.5. The number of aromatic amines is 1. The maximum atomic E-state index is 12.0. The highest BCUT2D eigenvalue weighted by Gasteiger charge is 2.26. The molecule has 0 aliphatic carbocycles. The number of quaternary nitrogens is 1. The van der Waals surface area contributed by atoms with Gasteiger partial charge in [-0.2, -0.15) is 0 Å². The second kappa shape index (κ2) is 5.65. The molecule has 3 aromatic heterocycles. The van der Waals surface area contributed by atoms with Gasteiger partial charge in [0.15, 0.2) is 0 Å². The lowest BCUT2D eigenvalue weighted by Gasteiger charge is -2.24. The standard InChI is InChI=1S/C20H17N3O2S/c1-23-8-7-13-12(10-23)16(11-5-3-2-4-6-11)17-18-19(26-20(17)21-13)14(24)9-15(25)22-18/h2-6,9H,7-8,10H2,1H3,(H2,22,24,25)/p+1. The van der Waals surface area contributed by atoms with Crippen molar-refractivity contribution in [2.75, 3.05) is 13.6 Å². The monoisotopic (exact) mass is 364 g/mol. The molecular formula is C20H18N3O2S+. The van der Waals surface area contributed by atoms with E-state index in [9.17, 15) is 9.90 Å². The zero-order chi connectivity index (χ0) is 17.8. The van der Waals surface area contributed by atoms with Gasteiger partial charge in [-0.15, -0.1) is 11.3 Å². The number of hydrogen-bond acceptors (Lipinski definition) is 4. The molecule has 0 saturated carbocycles. The number of thiophene rings is 1. The maximum Gasteiger partial charge on any atom is 0.252 e. The molecule has 1 aliphatic rings. The number of rotatable bonds is 1. The van der Waals surface area contributed by atoms with Crippen molar-refractivity contribution in [2.24, 2.45) is 0 Å². The summed E-state index contributed by atoms with van der Waals surface area (Å²) < 4.78 is 0.687. The van der Waals surface area contributed by atoms with E-state index in [1.54, 1.807) is 0 Å². The van der Waals surface area contributed by atoms with Crippen molar-refractivity contribution >= 4 is 31.8 Å². The van der Waals surface area contributed by atoms with Gasteiger partial charge in [-0.25, -0.2) is 4.98 Å². The molecule has 1 aromatic carbocycles. The molecule has 0 amide bonds. The third kappa shape index (κ3) is 2.26. The van der Waals surface area contributed by atoms with Crippen LogP contribution in [-0.2, 0) is 13.0 Å². The average Bonchev–Trinajstić information content (AvgIpc) is 2.99. The van der Waals surface area contributed by atoms with Crippen LogP contribution in [0.2, 0.25) is 0 Å². The van der Waals surface area contributed by atoms with Gasteiger partial charge in [0, 0.05) is 29.0 Å². The Labute approximate surface area is 153 Å². The smallest absolute Gasteiger partial charge is 0.252 e. The van der Waals surface area contributed by atoms with Gasteiger partial charge < -0.3 is 15.0 Å². The number of H-pyrrole nitrogens is 1. The molecule has 3 N–H and O–H groups in total. The Bertz CT molecular complexity index is 1210. The van der Waals surface area contributed by atoms with Crippen molar-refractivity contribution in [3.63, 3.8) is 0 Å². The first-order chi connectivity index (χ1) is 12.6. The van der Waals surface area contributed by atoms with Gasteiger partial charge in [-0.3, -0.25) is 4.79 Å². The lowest BCUT2D eigenvalue weighted by atomic mass is 9.92. The average molecular weight is 364 g/mol. The summed E-state index contributed by atoms with van der Waals surface area (Å²) in [6.07, 6.45) is 0.938. The first kappa shape index (κ1) is 15.5. The van der Waals surface area contributed by atoms with E-state index in [0.717, 1.165) is 46.5 Å². The zero-order valence-corrected chi connectivity index (χ0v) is 15.1. The van der Waals surface area contributed by atoms with Gasteiger partial charge in [0.25, 0.3) is 5.56 Å². The number of likely N-dealkylation sites (N-methyl/N-ethyl adjacent to an activating group) is 1. The Hall–Kier alpha value is -2.70. The summed E-state index contributed by atoms with van der Waals surface area (Å²) in [5.74, 6) is 0.0199. The number of benzene rings is 1. The van der Waals surface area contributed by atoms with E-state index in [1.165, 1.54) is 27.9 Å². The van der Waals surface area contributed by atoms with E-state index in [2.05, 4.69) is 24.2 Å². The molecule has 1 atom stereocenters. The molecule has 0 bridgehead atoms. The lowest BCUT2D eigenvalue weighted by molar-refractivity contribution is -0.895. The van der Waals surface area contributed by atoms with Crippen LogP contribution in [0.15, 0.2) is 41.2 Å². The first-order valence-electron chi connectivity index (χ1n) is 8.69. The van der Waals surface area contributed by atoms with Crippen LogP contribution in [0.5, 0.6) is 5.75 Å². The molecule has 4 heterocycles. The van der Waals surface area contributed by atoms with Crippen molar-refractivity contribution in [3.8, 4) is 16.9 Å². The van der Waals surface area contributed by atoms with E-state index in [1.807, 2.05) is 18.2 Å². The van der Waals surface area contributed by atoms with E-state index >= 15 is 0 Å². The van der Waals surface area contributed by atoms with Gasteiger partial charge in [0.1, 0.15) is 17.1 Å². The second-order valence-electron chi connectivity index (χ2n) is 6.92. The predicted molar refractivity (Wildman–Crippen MR) is 104 cm³/mol. The Kier molecular flexibility index (Phi) is 3.38. The molecule has 4 aromatic rings. The molecule has 5 rings (SSSR count). The topological polar surface area (TPSA) is 70.4 Å². The van der Waals surface area contributed by atoms with E-state index in [0.29, 0.717) is 10.2 Å². The SMILES string of the molecule is C[NH+]1CCc2nc3sc4c(O)cc(=O)[nH]c4c3c(-c3ccccc3)c2C1. The lowest BCUT2D eigenvalue weighted by Crippen LogP contribution is -3.08. The van der Waals surface area contributed by atoms with E-state index < -0.39 is 0 Å². The molecule has 0 fully saturated rings. The fraction of sp³-hybridized carbons (Fsp3) is 0.200. The van der Waals surface area contributed by atoms with Crippen LogP contribution >= 0.6 is 11.3 Å². The number of nitrogens with one attached hydrogen (secondary N) is 2. The highest BCUT2D eigenvalue weighted by atomic mass is 32.1. The summed E-state index contributed by atoms with van der Waals surface area (Å²) in [5.41, 5.74) is 5.03. The Balaban J connectivity index is 2.00. The zero-order valence-electron chi connectivity index (χ0n) is 14.3. The van der Waals surface area contributed by atoms with Crippen LogP contribution in [-0.4, -0.2) is 28.7 Å². The summed E-state index contributed by atoms with van der Waals surface area (Å²) in [5, 5.41) is 11.2. The number of aromatic hydroxyl groups is 1. The summed E-state index contributed by atoms with van der Waals surface area (Å²) in [4.78, 5) is 22.2. The maximum absolute atomic E-state index is 12.0. The van der Waals surface area contributed by atoms with Gasteiger partial charge in [-0.05, 0) is 5.56 Å². The summed E-state index contributed by atoms with van der Waals surface area (Å²) in [6.45, 7) is 1.97. The van der Waals surface area contributed by atoms with Crippen LogP contribution in [0.1, 0.15) is 11.3 Å². The molecule has 0 saturated heterocycles. The van der Waals surface area contributed by atoms with Crippen molar-refractivity contribution in [2.45, 2.75) is 13.0 Å². The number of aromatic nitrogens is 2.